The van der Waals surface area contributed by atoms with Crippen molar-refractivity contribution in [3.63, 3.8) is 0 Å². The third kappa shape index (κ3) is 4.20. The maximum absolute atomic E-state index is 12.9. The summed E-state index contributed by atoms with van der Waals surface area (Å²) in [5.74, 6) is -0.673. The van der Waals surface area contributed by atoms with Crippen molar-refractivity contribution in [2.45, 2.75) is 18.7 Å². The molecule has 2 aromatic rings. The van der Waals surface area contributed by atoms with Gasteiger partial charge in [0.15, 0.2) is 0 Å². The SMILES string of the molecule is COC(=O)c1ccc(OS(=O)(=S)c2ccc(C(=O)OC)cc2C)c(C)c1. The molecule has 26 heavy (non-hydrogen) atoms. The molecule has 0 saturated heterocycles. The number of aryl methyl sites for hydroxylation is 2. The number of carbonyl (C=O) groups excluding carboxylic acids is 2. The molecule has 1 unspecified atom stereocenters. The summed E-state index contributed by atoms with van der Waals surface area (Å²) >= 11 is 5.18. The van der Waals surface area contributed by atoms with Crippen LogP contribution in [0.2, 0.25) is 0 Å². The van der Waals surface area contributed by atoms with Crippen LogP contribution in [0.25, 0.3) is 0 Å². The lowest BCUT2D eigenvalue weighted by Gasteiger charge is -2.15. The largest absolute Gasteiger partial charge is 0.465 e. The van der Waals surface area contributed by atoms with Crippen LogP contribution >= 0.6 is 0 Å². The molecule has 0 aromatic heterocycles. The summed E-state index contributed by atoms with van der Waals surface area (Å²) in [6, 6.07) is 9.12. The van der Waals surface area contributed by atoms with Crippen LogP contribution in [0.5, 0.6) is 5.75 Å². The zero-order chi connectivity index (χ0) is 19.5. The van der Waals surface area contributed by atoms with E-state index in [1.54, 1.807) is 26.0 Å². The Morgan fingerprint density at radius 1 is 0.885 bits per heavy atom. The predicted molar refractivity (Wildman–Crippen MR) is 99.4 cm³/mol. The van der Waals surface area contributed by atoms with E-state index in [0.29, 0.717) is 32.9 Å². The first kappa shape index (κ1) is 19.9. The Labute approximate surface area is 157 Å². The summed E-state index contributed by atoms with van der Waals surface area (Å²) in [7, 11) is -0.715. The average molecular weight is 394 g/mol. The molecule has 0 fully saturated rings. The summed E-state index contributed by atoms with van der Waals surface area (Å²) in [6.45, 7) is 3.39. The maximum Gasteiger partial charge on any atom is 0.337 e. The molecule has 0 amide bonds. The highest BCUT2D eigenvalue weighted by Crippen LogP contribution is 2.26. The van der Waals surface area contributed by atoms with E-state index < -0.39 is 20.7 Å². The van der Waals surface area contributed by atoms with E-state index in [2.05, 4.69) is 9.47 Å². The fraction of sp³-hybridized carbons (Fsp3) is 0.222. The van der Waals surface area contributed by atoms with Crippen molar-refractivity contribution in [1.82, 2.24) is 0 Å². The number of hydrogen-bond donors (Lipinski definition) is 0. The summed E-state index contributed by atoms with van der Waals surface area (Å²) in [6.07, 6.45) is 0. The van der Waals surface area contributed by atoms with E-state index in [9.17, 15) is 13.8 Å². The number of esters is 2. The van der Waals surface area contributed by atoms with Gasteiger partial charge in [-0.1, -0.05) is 0 Å². The quantitative estimate of drug-likeness (QED) is 0.721. The number of rotatable bonds is 5. The zero-order valence-corrected chi connectivity index (χ0v) is 16.4. The van der Waals surface area contributed by atoms with E-state index in [-0.39, 0.29) is 0 Å². The van der Waals surface area contributed by atoms with Crippen LogP contribution in [-0.2, 0) is 29.4 Å². The standard InChI is InChI=1S/C18H18O6S2/c1-11-9-13(17(19)22-3)5-7-15(11)24-26(21,25)16-8-6-14(10-12(16)2)18(20)23-4/h5-10H,1-4H3. The highest BCUT2D eigenvalue weighted by atomic mass is 32.8. The number of carbonyl (C=O) groups is 2. The Hall–Kier alpha value is -2.45. The minimum Gasteiger partial charge on any atom is -0.465 e. The molecule has 2 rings (SSSR count). The van der Waals surface area contributed by atoms with Gasteiger partial charge in [0, 0.05) is 11.2 Å². The molecule has 6 nitrogen and oxygen atoms in total. The summed E-state index contributed by atoms with van der Waals surface area (Å²) in [4.78, 5) is 23.4. The van der Waals surface area contributed by atoms with Gasteiger partial charge in [-0.15, -0.1) is 0 Å². The van der Waals surface area contributed by atoms with Crippen LogP contribution in [0.4, 0.5) is 0 Å². The molecule has 0 N–H and O–H groups in total. The molecule has 138 valence electrons. The fourth-order valence-electron chi connectivity index (χ4n) is 2.33. The van der Waals surface area contributed by atoms with Gasteiger partial charge >= 0.3 is 11.9 Å². The molecule has 0 spiro atoms. The van der Waals surface area contributed by atoms with Crippen molar-refractivity contribution in [3.05, 3.63) is 58.7 Å². The number of ether oxygens (including phenoxy) is 2. The normalized spacial score (nSPS) is 12.8. The van der Waals surface area contributed by atoms with Crippen molar-refractivity contribution >= 4 is 31.9 Å². The van der Waals surface area contributed by atoms with Gasteiger partial charge in [0.05, 0.1) is 30.2 Å². The van der Waals surface area contributed by atoms with Crippen LogP contribution < -0.4 is 4.18 Å². The number of hydrogen-bond acceptors (Lipinski definition) is 7. The lowest BCUT2D eigenvalue weighted by Crippen LogP contribution is -2.12. The first-order valence-electron chi connectivity index (χ1n) is 7.52. The average Bonchev–Trinajstić information content (AvgIpc) is 2.61. The van der Waals surface area contributed by atoms with Crippen molar-refractivity contribution in [3.8, 4) is 5.75 Å². The van der Waals surface area contributed by atoms with Gasteiger partial charge in [0.25, 0.3) is 0 Å². The first-order chi connectivity index (χ1) is 12.2. The third-order valence-corrected chi connectivity index (χ3v) is 5.80. The molecule has 0 bridgehead atoms. The molecule has 0 radical (unpaired) electrons. The monoisotopic (exact) mass is 394 g/mol. The molecule has 0 aliphatic heterocycles. The Balaban J connectivity index is 2.34. The van der Waals surface area contributed by atoms with E-state index in [1.807, 2.05) is 0 Å². The molecule has 0 heterocycles. The van der Waals surface area contributed by atoms with Gasteiger partial charge in [0.2, 0.25) is 8.77 Å². The predicted octanol–water partition coefficient (Wildman–Crippen LogP) is 2.98. The minimum absolute atomic E-state index is 0.300. The Morgan fingerprint density at radius 2 is 1.38 bits per heavy atom. The molecule has 0 aliphatic rings. The molecule has 1 atom stereocenters. The lowest BCUT2D eigenvalue weighted by atomic mass is 10.1. The second-order valence-corrected chi connectivity index (χ2v) is 8.31. The van der Waals surface area contributed by atoms with E-state index in [4.69, 9.17) is 15.4 Å². The fourth-order valence-corrected chi connectivity index (χ4v) is 4.31. The van der Waals surface area contributed by atoms with Crippen molar-refractivity contribution in [2.75, 3.05) is 14.2 Å². The van der Waals surface area contributed by atoms with Gasteiger partial charge in [-0.3, -0.25) is 0 Å². The van der Waals surface area contributed by atoms with Gasteiger partial charge in [0.1, 0.15) is 5.75 Å². The highest BCUT2D eigenvalue weighted by Gasteiger charge is 2.19. The molecule has 2 aromatic carbocycles. The first-order valence-corrected chi connectivity index (χ1v) is 9.93. The van der Waals surface area contributed by atoms with Gasteiger partial charge < -0.3 is 13.7 Å². The van der Waals surface area contributed by atoms with Gasteiger partial charge in [-0.25, -0.2) is 13.8 Å². The molecular formula is C18H18O6S2. The summed E-state index contributed by atoms with van der Waals surface area (Å²) in [5, 5.41) is 0. The maximum atomic E-state index is 12.9. The van der Waals surface area contributed by atoms with Gasteiger partial charge in [-0.2, -0.15) is 0 Å². The topological polar surface area (TPSA) is 78.9 Å². The summed E-state index contributed by atoms with van der Waals surface area (Å²) < 4.78 is 27.8. The van der Waals surface area contributed by atoms with E-state index >= 15 is 0 Å². The molecule has 0 aliphatic carbocycles. The second kappa shape index (κ2) is 7.84. The van der Waals surface area contributed by atoms with Crippen LogP contribution in [0.1, 0.15) is 31.8 Å². The number of benzene rings is 2. The minimum atomic E-state index is -3.29. The van der Waals surface area contributed by atoms with Crippen molar-refractivity contribution < 1.29 is 27.5 Å². The van der Waals surface area contributed by atoms with Gasteiger partial charge in [-0.05, 0) is 61.4 Å². The Morgan fingerprint density at radius 3 is 1.85 bits per heavy atom. The second-order valence-electron chi connectivity index (χ2n) is 5.48. The smallest absolute Gasteiger partial charge is 0.337 e. The molecular weight excluding hydrogens is 376 g/mol. The van der Waals surface area contributed by atoms with Crippen molar-refractivity contribution in [1.29, 1.82) is 0 Å². The van der Waals surface area contributed by atoms with Crippen LogP contribution in [0.15, 0.2) is 41.3 Å². The van der Waals surface area contributed by atoms with Crippen molar-refractivity contribution in [2.24, 2.45) is 0 Å². The van der Waals surface area contributed by atoms with Crippen LogP contribution in [0.3, 0.4) is 0 Å². The van der Waals surface area contributed by atoms with Crippen LogP contribution in [-0.4, -0.2) is 30.4 Å². The molecule has 0 saturated carbocycles. The Bertz CT molecular complexity index is 964. The lowest BCUT2D eigenvalue weighted by molar-refractivity contribution is 0.0591. The van der Waals surface area contributed by atoms with Crippen LogP contribution in [0, 0.1) is 13.8 Å². The zero-order valence-electron chi connectivity index (χ0n) is 14.7. The molecule has 8 heteroatoms. The van der Waals surface area contributed by atoms with E-state index in [1.165, 1.54) is 38.5 Å². The third-order valence-electron chi connectivity index (χ3n) is 3.66. The summed E-state index contributed by atoms with van der Waals surface area (Å²) in [5.41, 5.74) is 1.83. The highest BCUT2D eigenvalue weighted by molar-refractivity contribution is 8.30. The van der Waals surface area contributed by atoms with E-state index in [0.717, 1.165) is 0 Å². The Kier molecular flexibility index (Phi) is 5.99. The number of methoxy groups -OCH3 is 2.